The Labute approximate surface area is 119 Å². The van der Waals surface area contributed by atoms with Crippen molar-refractivity contribution < 1.29 is 9.53 Å². The van der Waals surface area contributed by atoms with Gasteiger partial charge < -0.3 is 4.74 Å². The summed E-state index contributed by atoms with van der Waals surface area (Å²) in [7, 11) is 0. The molecule has 4 aliphatic rings. The molecule has 5 nitrogen and oxygen atoms in total. The van der Waals surface area contributed by atoms with Crippen LogP contribution in [0.15, 0.2) is 22.5 Å². The van der Waals surface area contributed by atoms with E-state index in [0.717, 1.165) is 11.8 Å². The van der Waals surface area contributed by atoms with E-state index in [2.05, 4.69) is 27.5 Å². The number of hydrogen-bond donors (Lipinski definition) is 0. The van der Waals surface area contributed by atoms with E-state index in [1.54, 1.807) is 0 Å². The summed E-state index contributed by atoms with van der Waals surface area (Å²) < 4.78 is 5.00. The lowest BCUT2D eigenvalue weighted by atomic mass is 9.76. The number of nitrogens with zero attached hydrogens (tertiary/aromatic N) is 3. The predicted molar refractivity (Wildman–Crippen MR) is 72.7 cm³/mol. The highest BCUT2D eigenvalue weighted by atomic mass is 16.5. The average molecular weight is 275 g/mol. The Balaban J connectivity index is 1.43. The lowest BCUT2D eigenvalue weighted by Crippen LogP contribution is -2.45. The van der Waals surface area contributed by atoms with E-state index in [9.17, 15) is 4.79 Å². The van der Waals surface area contributed by atoms with Crippen molar-refractivity contribution in [3.8, 4) is 0 Å². The van der Waals surface area contributed by atoms with E-state index in [1.165, 1.54) is 12.8 Å². The second kappa shape index (κ2) is 4.57. The van der Waals surface area contributed by atoms with Crippen LogP contribution in [0.4, 0.5) is 0 Å². The minimum absolute atomic E-state index is 0.130. The second-order valence-electron chi connectivity index (χ2n) is 6.37. The third kappa shape index (κ3) is 1.64. The van der Waals surface area contributed by atoms with Crippen LogP contribution in [0.5, 0.6) is 0 Å². The number of ether oxygens (including phenoxy) is 1. The summed E-state index contributed by atoms with van der Waals surface area (Å²) in [5.41, 5.74) is 0. The predicted octanol–water partition coefficient (Wildman–Crippen LogP) is 2.20. The van der Waals surface area contributed by atoms with E-state index >= 15 is 0 Å². The van der Waals surface area contributed by atoms with E-state index in [4.69, 9.17) is 4.74 Å². The molecule has 0 spiro atoms. The van der Waals surface area contributed by atoms with Crippen LogP contribution >= 0.6 is 0 Å². The molecular weight excluding hydrogens is 254 g/mol. The summed E-state index contributed by atoms with van der Waals surface area (Å²) in [6.07, 6.45) is 7.68. The molecule has 3 aliphatic carbocycles. The van der Waals surface area contributed by atoms with Gasteiger partial charge in [0.25, 0.3) is 0 Å². The van der Waals surface area contributed by atoms with Gasteiger partial charge in [0, 0.05) is 6.54 Å². The molecule has 5 heteroatoms. The SMILES string of the molecule is CCOC(=O)CCN1N=N[C@@H]2[C@H]3C[C@@H]([C@@H]4CC=C[C@H]43)[C@H]21. The number of esters is 1. The molecule has 0 amide bonds. The third-order valence-corrected chi connectivity index (χ3v) is 5.57. The van der Waals surface area contributed by atoms with E-state index in [0.29, 0.717) is 43.5 Å². The Morgan fingerprint density at radius 3 is 3.15 bits per heavy atom. The Hall–Kier alpha value is -1.39. The van der Waals surface area contributed by atoms with Gasteiger partial charge in [-0.05, 0) is 43.4 Å². The molecule has 6 atom stereocenters. The van der Waals surface area contributed by atoms with Crippen molar-refractivity contribution in [2.24, 2.45) is 34.0 Å². The number of carbonyl (C=O) groups is 1. The van der Waals surface area contributed by atoms with Gasteiger partial charge in [0.1, 0.15) is 0 Å². The minimum atomic E-state index is -0.130. The monoisotopic (exact) mass is 275 g/mol. The number of carbonyl (C=O) groups excluding carboxylic acids is 1. The molecule has 2 bridgehead atoms. The summed E-state index contributed by atoms with van der Waals surface area (Å²) in [6, 6.07) is 0.807. The molecule has 4 rings (SSSR count). The maximum absolute atomic E-state index is 11.5. The van der Waals surface area contributed by atoms with Gasteiger partial charge in [-0.25, -0.2) is 0 Å². The molecule has 0 aromatic heterocycles. The lowest BCUT2D eigenvalue weighted by Gasteiger charge is -2.35. The van der Waals surface area contributed by atoms with Gasteiger partial charge in [-0.2, -0.15) is 5.11 Å². The molecule has 1 aliphatic heterocycles. The fraction of sp³-hybridized carbons (Fsp3) is 0.800. The van der Waals surface area contributed by atoms with Gasteiger partial charge in [-0.1, -0.05) is 17.4 Å². The number of rotatable bonds is 4. The fourth-order valence-corrected chi connectivity index (χ4v) is 4.90. The highest BCUT2D eigenvalue weighted by Crippen LogP contribution is 2.59. The molecule has 0 N–H and O–H groups in total. The summed E-state index contributed by atoms with van der Waals surface area (Å²) in [5.74, 6) is 2.81. The van der Waals surface area contributed by atoms with Crippen molar-refractivity contribution in [2.45, 2.75) is 38.3 Å². The van der Waals surface area contributed by atoms with E-state index < -0.39 is 0 Å². The van der Waals surface area contributed by atoms with Crippen LogP contribution in [-0.2, 0) is 9.53 Å². The van der Waals surface area contributed by atoms with Gasteiger partial charge in [0.2, 0.25) is 0 Å². The maximum atomic E-state index is 11.5. The molecule has 0 saturated heterocycles. The van der Waals surface area contributed by atoms with Crippen LogP contribution in [0.3, 0.4) is 0 Å². The van der Waals surface area contributed by atoms with Gasteiger partial charge in [0.15, 0.2) is 0 Å². The smallest absolute Gasteiger partial charge is 0.307 e. The first-order valence-electron chi connectivity index (χ1n) is 7.79. The zero-order valence-corrected chi connectivity index (χ0v) is 11.8. The summed E-state index contributed by atoms with van der Waals surface area (Å²) >= 11 is 0. The summed E-state index contributed by atoms with van der Waals surface area (Å²) in [6.45, 7) is 2.94. The Morgan fingerprint density at radius 2 is 2.30 bits per heavy atom. The molecule has 108 valence electrons. The van der Waals surface area contributed by atoms with Gasteiger partial charge in [-0.15, -0.1) is 0 Å². The quantitative estimate of drug-likeness (QED) is 0.584. The standard InChI is InChI=1S/C15H21N3O2/c1-2-20-13(19)6-7-18-15-12-8-11(14(15)16-17-18)9-4-3-5-10(9)12/h3-4,9-12,14-15H,2,5-8H2,1H3/t9-,10-,11+,12+,14-,15-/m1/s1. The van der Waals surface area contributed by atoms with Crippen molar-refractivity contribution in [1.82, 2.24) is 5.01 Å². The first-order chi connectivity index (χ1) is 9.79. The van der Waals surface area contributed by atoms with Gasteiger partial charge >= 0.3 is 5.97 Å². The van der Waals surface area contributed by atoms with Gasteiger partial charge in [-0.3, -0.25) is 9.80 Å². The number of fused-ring (bicyclic) bond motifs is 8. The van der Waals surface area contributed by atoms with E-state index in [1.807, 2.05) is 6.92 Å². The molecular formula is C15H21N3O2. The van der Waals surface area contributed by atoms with Crippen LogP contribution in [0.2, 0.25) is 0 Å². The molecule has 0 radical (unpaired) electrons. The van der Waals surface area contributed by atoms with Crippen molar-refractivity contribution in [1.29, 1.82) is 0 Å². The van der Waals surface area contributed by atoms with Crippen LogP contribution in [0, 0.1) is 23.7 Å². The Morgan fingerprint density at radius 1 is 1.40 bits per heavy atom. The average Bonchev–Trinajstić information content (AvgIpc) is 3.15. The molecule has 0 aromatic rings. The fourth-order valence-electron chi connectivity index (χ4n) is 4.90. The van der Waals surface area contributed by atoms with Crippen LogP contribution in [0.1, 0.15) is 26.2 Å². The summed E-state index contributed by atoms with van der Waals surface area (Å²) in [5, 5.41) is 10.9. The normalized spacial score (nSPS) is 43.1. The molecule has 20 heavy (non-hydrogen) atoms. The Bertz CT molecular complexity index is 476. The van der Waals surface area contributed by atoms with Crippen LogP contribution in [0.25, 0.3) is 0 Å². The molecule has 2 fully saturated rings. The lowest BCUT2D eigenvalue weighted by molar-refractivity contribution is -0.143. The highest BCUT2D eigenvalue weighted by Gasteiger charge is 2.61. The maximum Gasteiger partial charge on any atom is 0.307 e. The first kappa shape index (κ1) is 12.4. The summed E-state index contributed by atoms with van der Waals surface area (Å²) in [4.78, 5) is 11.5. The van der Waals surface area contributed by atoms with Gasteiger partial charge in [0.05, 0.1) is 25.1 Å². The molecule has 0 unspecified atom stereocenters. The minimum Gasteiger partial charge on any atom is -0.466 e. The third-order valence-electron chi connectivity index (χ3n) is 5.57. The zero-order chi connectivity index (χ0) is 13.7. The largest absolute Gasteiger partial charge is 0.466 e. The molecule has 1 heterocycles. The first-order valence-corrected chi connectivity index (χ1v) is 7.79. The Kier molecular flexibility index (Phi) is 2.82. The number of hydrogen-bond acceptors (Lipinski definition) is 5. The molecule has 0 aromatic carbocycles. The van der Waals surface area contributed by atoms with Crippen molar-refractivity contribution >= 4 is 5.97 Å². The zero-order valence-electron chi connectivity index (χ0n) is 11.8. The highest BCUT2D eigenvalue weighted by molar-refractivity contribution is 5.69. The van der Waals surface area contributed by atoms with Crippen molar-refractivity contribution in [2.75, 3.05) is 13.2 Å². The van der Waals surface area contributed by atoms with Crippen LogP contribution < -0.4 is 0 Å². The van der Waals surface area contributed by atoms with Crippen molar-refractivity contribution in [3.05, 3.63) is 12.2 Å². The topological polar surface area (TPSA) is 54.3 Å². The number of allylic oxidation sites excluding steroid dienone is 2. The molecule has 2 saturated carbocycles. The van der Waals surface area contributed by atoms with E-state index in [-0.39, 0.29) is 5.97 Å². The van der Waals surface area contributed by atoms with Crippen LogP contribution in [-0.4, -0.2) is 36.2 Å². The second-order valence-corrected chi connectivity index (χ2v) is 6.37. The van der Waals surface area contributed by atoms with Crippen molar-refractivity contribution in [3.63, 3.8) is 0 Å².